The normalized spacial score (nSPS) is 11.2. The zero-order valence-corrected chi connectivity index (χ0v) is 22.6. The molecule has 4 rings (SSSR count). The van der Waals surface area contributed by atoms with Crippen molar-refractivity contribution in [3.63, 3.8) is 0 Å². The minimum Gasteiger partial charge on any atom is -0.487 e. The van der Waals surface area contributed by atoms with Gasteiger partial charge in [-0.15, -0.1) is 0 Å². The number of carbonyl (C=O) groups excluding carboxylic acids is 1. The summed E-state index contributed by atoms with van der Waals surface area (Å²) in [6, 6.07) is 27.7. The van der Waals surface area contributed by atoms with Gasteiger partial charge in [-0.1, -0.05) is 60.2 Å². The summed E-state index contributed by atoms with van der Waals surface area (Å²) in [6.07, 6.45) is 1.60. The molecular formula is C28H20I2N2O2. The quantitative estimate of drug-likeness (QED) is 0.132. The molecule has 0 aliphatic carbocycles. The molecule has 0 unspecified atom stereocenters. The molecule has 6 heteroatoms. The summed E-state index contributed by atoms with van der Waals surface area (Å²) in [5, 5.41) is 14.7. The predicted octanol–water partition coefficient (Wildman–Crippen LogP) is 7.48. The van der Waals surface area contributed by atoms with Crippen LogP contribution in [0.15, 0.2) is 84.4 Å². The van der Waals surface area contributed by atoms with E-state index in [4.69, 9.17) is 4.74 Å². The van der Waals surface area contributed by atoms with Gasteiger partial charge in [-0.2, -0.15) is 5.26 Å². The number of hydrogen-bond donors (Lipinski definition) is 1. The highest BCUT2D eigenvalue weighted by molar-refractivity contribution is 14.1. The Morgan fingerprint density at radius 2 is 1.68 bits per heavy atom. The Morgan fingerprint density at radius 1 is 1.00 bits per heavy atom. The van der Waals surface area contributed by atoms with Crippen LogP contribution in [0.1, 0.15) is 16.7 Å². The molecule has 0 radical (unpaired) electrons. The van der Waals surface area contributed by atoms with E-state index in [1.165, 1.54) is 10.8 Å². The van der Waals surface area contributed by atoms with Crippen LogP contribution in [-0.4, -0.2) is 5.91 Å². The van der Waals surface area contributed by atoms with Gasteiger partial charge in [-0.05, 0) is 104 Å². The highest BCUT2D eigenvalue weighted by atomic mass is 127. The van der Waals surface area contributed by atoms with Gasteiger partial charge in [0.05, 0.1) is 7.14 Å². The molecule has 4 nitrogen and oxygen atoms in total. The maximum absolute atomic E-state index is 12.6. The number of ether oxygens (including phenoxy) is 1. The molecule has 0 bridgehead atoms. The van der Waals surface area contributed by atoms with Crippen LogP contribution in [0.3, 0.4) is 0 Å². The van der Waals surface area contributed by atoms with Crippen LogP contribution in [0.4, 0.5) is 5.69 Å². The van der Waals surface area contributed by atoms with Gasteiger partial charge in [-0.25, -0.2) is 0 Å². The number of anilines is 1. The van der Waals surface area contributed by atoms with E-state index < -0.39 is 5.91 Å². The van der Waals surface area contributed by atoms with E-state index in [0.29, 0.717) is 12.3 Å². The first kappa shape index (κ1) is 24.2. The van der Waals surface area contributed by atoms with E-state index in [9.17, 15) is 10.1 Å². The largest absolute Gasteiger partial charge is 0.487 e. The molecule has 0 fully saturated rings. The first-order valence-corrected chi connectivity index (χ1v) is 12.7. The van der Waals surface area contributed by atoms with E-state index in [1.807, 2.05) is 67.6 Å². The lowest BCUT2D eigenvalue weighted by molar-refractivity contribution is -0.112. The zero-order chi connectivity index (χ0) is 24.1. The lowest BCUT2D eigenvalue weighted by Gasteiger charge is -2.13. The second-order valence-electron chi connectivity index (χ2n) is 7.73. The van der Waals surface area contributed by atoms with Crippen molar-refractivity contribution in [2.24, 2.45) is 0 Å². The minimum absolute atomic E-state index is 0.0385. The molecule has 168 valence electrons. The Morgan fingerprint density at radius 3 is 2.38 bits per heavy atom. The fourth-order valence-corrected chi connectivity index (χ4v) is 5.65. The Labute approximate surface area is 225 Å². The third-order valence-electron chi connectivity index (χ3n) is 5.26. The monoisotopic (exact) mass is 670 g/mol. The maximum atomic E-state index is 12.6. The molecule has 0 saturated heterocycles. The van der Waals surface area contributed by atoms with Crippen molar-refractivity contribution in [1.82, 2.24) is 0 Å². The van der Waals surface area contributed by atoms with Crippen LogP contribution in [0, 0.1) is 25.4 Å². The van der Waals surface area contributed by atoms with E-state index in [2.05, 4.69) is 74.8 Å². The molecule has 4 aromatic carbocycles. The second-order valence-corrected chi connectivity index (χ2v) is 10.1. The lowest BCUT2D eigenvalue weighted by atomic mass is 10.1. The SMILES string of the molecule is Cc1ccc(NC(=O)/C(C#N)=C/c2cc(I)c(OCc3cccc4ccccc34)c(I)c2)cc1. The molecule has 0 saturated carbocycles. The summed E-state index contributed by atoms with van der Waals surface area (Å²) in [5.41, 5.74) is 3.67. The van der Waals surface area contributed by atoms with Crippen molar-refractivity contribution in [1.29, 1.82) is 5.26 Å². The van der Waals surface area contributed by atoms with Gasteiger partial charge in [0.1, 0.15) is 24.0 Å². The van der Waals surface area contributed by atoms with Crippen molar-refractivity contribution in [3.8, 4) is 11.8 Å². The van der Waals surface area contributed by atoms with Gasteiger partial charge in [0.25, 0.3) is 5.91 Å². The smallest absolute Gasteiger partial charge is 0.266 e. The molecule has 4 aromatic rings. The molecule has 0 aromatic heterocycles. The van der Waals surface area contributed by atoms with Gasteiger partial charge >= 0.3 is 0 Å². The molecule has 0 aliphatic rings. The minimum atomic E-state index is -0.437. The van der Waals surface area contributed by atoms with E-state index in [1.54, 1.807) is 6.08 Å². The number of nitrogens with one attached hydrogen (secondary N) is 1. The van der Waals surface area contributed by atoms with Crippen LogP contribution in [0.2, 0.25) is 0 Å². The summed E-state index contributed by atoms with van der Waals surface area (Å²) in [6.45, 7) is 2.43. The van der Waals surface area contributed by atoms with Crippen LogP contribution >= 0.6 is 45.2 Å². The first-order valence-electron chi connectivity index (χ1n) is 10.5. The van der Waals surface area contributed by atoms with Crippen molar-refractivity contribution in [2.75, 3.05) is 5.32 Å². The van der Waals surface area contributed by atoms with E-state index in [-0.39, 0.29) is 5.57 Å². The number of fused-ring (bicyclic) bond motifs is 1. The van der Waals surface area contributed by atoms with Crippen LogP contribution in [0.25, 0.3) is 16.8 Å². The molecule has 0 spiro atoms. The fourth-order valence-electron chi connectivity index (χ4n) is 3.52. The third-order valence-corrected chi connectivity index (χ3v) is 6.86. The van der Waals surface area contributed by atoms with Crippen molar-refractivity contribution in [2.45, 2.75) is 13.5 Å². The number of nitriles is 1. The molecule has 1 amide bonds. The molecule has 34 heavy (non-hydrogen) atoms. The van der Waals surface area contributed by atoms with Crippen molar-refractivity contribution >= 4 is 73.6 Å². The predicted molar refractivity (Wildman–Crippen MR) is 154 cm³/mol. The molecular weight excluding hydrogens is 650 g/mol. The van der Waals surface area contributed by atoms with Crippen molar-refractivity contribution in [3.05, 3.63) is 108 Å². The standard InChI is InChI=1S/C28H20I2N2O2/c1-18-9-11-23(12-10-18)32-28(33)22(16-31)13-19-14-25(29)27(26(30)15-19)34-17-21-7-4-6-20-5-2-3-8-24(20)21/h2-15H,17H2,1H3,(H,32,33)/b22-13+. The Kier molecular flexibility index (Phi) is 7.85. The summed E-state index contributed by atoms with van der Waals surface area (Å²) in [4.78, 5) is 12.6. The van der Waals surface area contributed by atoms with Gasteiger partial charge in [-0.3, -0.25) is 4.79 Å². The van der Waals surface area contributed by atoms with Gasteiger partial charge in [0.2, 0.25) is 0 Å². The number of nitrogens with zero attached hydrogens (tertiary/aromatic N) is 1. The number of rotatable bonds is 6. The van der Waals surface area contributed by atoms with Crippen molar-refractivity contribution < 1.29 is 9.53 Å². The van der Waals surface area contributed by atoms with Crippen LogP contribution in [-0.2, 0) is 11.4 Å². The van der Waals surface area contributed by atoms with E-state index >= 15 is 0 Å². The third kappa shape index (κ3) is 5.77. The number of amides is 1. The second kappa shape index (κ2) is 11.0. The Bertz CT molecular complexity index is 1410. The average molecular weight is 670 g/mol. The van der Waals surface area contributed by atoms with Gasteiger partial charge in [0, 0.05) is 5.69 Å². The number of carbonyl (C=O) groups is 1. The Hall–Kier alpha value is -2.90. The number of aryl methyl sites for hydroxylation is 1. The van der Waals surface area contributed by atoms with Gasteiger partial charge < -0.3 is 10.1 Å². The lowest BCUT2D eigenvalue weighted by Crippen LogP contribution is -2.13. The molecule has 0 heterocycles. The van der Waals surface area contributed by atoms with Crippen LogP contribution < -0.4 is 10.1 Å². The zero-order valence-electron chi connectivity index (χ0n) is 18.3. The number of halogens is 2. The topological polar surface area (TPSA) is 62.1 Å². The fraction of sp³-hybridized carbons (Fsp3) is 0.0714. The summed E-state index contributed by atoms with van der Waals surface area (Å²) >= 11 is 4.46. The summed E-state index contributed by atoms with van der Waals surface area (Å²) < 4.78 is 8.02. The summed E-state index contributed by atoms with van der Waals surface area (Å²) in [5.74, 6) is 0.349. The Balaban J connectivity index is 1.53. The maximum Gasteiger partial charge on any atom is 0.266 e. The highest BCUT2D eigenvalue weighted by Gasteiger charge is 2.13. The van der Waals surface area contributed by atoms with Gasteiger partial charge in [0.15, 0.2) is 0 Å². The highest BCUT2D eigenvalue weighted by Crippen LogP contribution is 2.31. The molecule has 1 N–H and O–H groups in total. The molecule has 0 aliphatic heterocycles. The number of benzene rings is 4. The molecule has 0 atom stereocenters. The van der Waals surface area contributed by atoms with Crippen LogP contribution in [0.5, 0.6) is 5.75 Å². The number of hydrogen-bond acceptors (Lipinski definition) is 3. The summed E-state index contributed by atoms with van der Waals surface area (Å²) in [7, 11) is 0. The van der Waals surface area contributed by atoms with E-state index in [0.717, 1.165) is 29.6 Å². The first-order chi connectivity index (χ1) is 16.4. The average Bonchev–Trinajstić information content (AvgIpc) is 2.83.